The van der Waals surface area contributed by atoms with Crippen LogP contribution in [0.25, 0.3) is 22.2 Å². The van der Waals surface area contributed by atoms with Crippen molar-refractivity contribution in [2.24, 2.45) is 0 Å². The number of amides is 1. The maximum absolute atomic E-state index is 12.6. The van der Waals surface area contributed by atoms with Crippen molar-refractivity contribution in [2.75, 3.05) is 7.11 Å². The van der Waals surface area contributed by atoms with Crippen molar-refractivity contribution >= 4 is 16.9 Å². The van der Waals surface area contributed by atoms with Crippen LogP contribution in [-0.2, 0) is 11.3 Å². The Bertz CT molecular complexity index is 1240. The number of aromatic nitrogens is 2. The van der Waals surface area contributed by atoms with Crippen molar-refractivity contribution < 1.29 is 13.9 Å². The standard InChI is InChI=1S/C23H21N3O4/c1-15(20-13-17-9-6-10-19(29-2)23(17)30-20)24-21(27)14-26-22(28)12-11-18(25-26)16-7-4-3-5-8-16/h3-13,15H,14H2,1-2H3,(H,24,27). The van der Waals surface area contributed by atoms with E-state index in [0.29, 0.717) is 22.8 Å². The summed E-state index contributed by atoms with van der Waals surface area (Å²) in [6, 6.07) is 19.6. The lowest BCUT2D eigenvalue weighted by atomic mass is 10.1. The van der Waals surface area contributed by atoms with Crippen molar-refractivity contribution in [3.05, 3.63) is 82.8 Å². The highest BCUT2D eigenvalue weighted by Gasteiger charge is 2.17. The molecule has 0 saturated heterocycles. The molecule has 2 aromatic carbocycles. The third-order valence-corrected chi connectivity index (χ3v) is 4.78. The fourth-order valence-corrected chi connectivity index (χ4v) is 3.25. The van der Waals surface area contributed by atoms with E-state index in [4.69, 9.17) is 9.15 Å². The van der Waals surface area contributed by atoms with Gasteiger partial charge in [-0.05, 0) is 25.1 Å². The fourth-order valence-electron chi connectivity index (χ4n) is 3.25. The third kappa shape index (κ3) is 3.96. The normalized spacial score (nSPS) is 11.9. The predicted molar refractivity (Wildman–Crippen MR) is 113 cm³/mol. The Kier molecular flexibility index (Phi) is 5.34. The van der Waals surface area contributed by atoms with Gasteiger partial charge >= 0.3 is 0 Å². The van der Waals surface area contributed by atoms with Gasteiger partial charge in [0, 0.05) is 17.0 Å². The van der Waals surface area contributed by atoms with E-state index in [1.807, 2.05) is 61.5 Å². The van der Waals surface area contributed by atoms with E-state index in [2.05, 4.69) is 10.4 Å². The van der Waals surface area contributed by atoms with Gasteiger partial charge in [0.1, 0.15) is 12.3 Å². The summed E-state index contributed by atoms with van der Waals surface area (Å²) in [5, 5.41) is 8.07. The van der Waals surface area contributed by atoms with Gasteiger partial charge < -0.3 is 14.5 Å². The molecule has 0 radical (unpaired) electrons. The summed E-state index contributed by atoms with van der Waals surface area (Å²) in [4.78, 5) is 24.7. The summed E-state index contributed by atoms with van der Waals surface area (Å²) in [5.74, 6) is 0.890. The molecular weight excluding hydrogens is 382 g/mol. The van der Waals surface area contributed by atoms with Crippen molar-refractivity contribution in [1.29, 1.82) is 0 Å². The molecule has 7 heteroatoms. The molecule has 2 aromatic heterocycles. The van der Waals surface area contributed by atoms with Gasteiger partial charge in [0.05, 0.1) is 18.8 Å². The first-order valence-electron chi connectivity index (χ1n) is 9.54. The van der Waals surface area contributed by atoms with Gasteiger partial charge in [0.15, 0.2) is 11.3 Å². The van der Waals surface area contributed by atoms with Gasteiger partial charge in [-0.15, -0.1) is 0 Å². The molecule has 0 aliphatic carbocycles. The molecule has 152 valence electrons. The molecule has 0 bridgehead atoms. The quantitative estimate of drug-likeness (QED) is 0.532. The van der Waals surface area contributed by atoms with Crippen molar-refractivity contribution in [3.8, 4) is 17.0 Å². The molecule has 30 heavy (non-hydrogen) atoms. The highest BCUT2D eigenvalue weighted by molar-refractivity contribution is 5.84. The average molecular weight is 403 g/mol. The van der Waals surface area contributed by atoms with Crippen LogP contribution >= 0.6 is 0 Å². The van der Waals surface area contributed by atoms with Crippen LogP contribution in [0.4, 0.5) is 0 Å². The maximum Gasteiger partial charge on any atom is 0.267 e. The van der Waals surface area contributed by atoms with Crippen LogP contribution in [-0.4, -0.2) is 22.8 Å². The first-order valence-corrected chi connectivity index (χ1v) is 9.54. The van der Waals surface area contributed by atoms with Gasteiger partial charge in [-0.1, -0.05) is 42.5 Å². The van der Waals surface area contributed by atoms with Crippen LogP contribution in [0.1, 0.15) is 18.7 Å². The summed E-state index contributed by atoms with van der Waals surface area (Å²) < 4.78 is 12.4. The second kappa shape index (κ2) is 8.24. The Hall–Kier alpha value is -3.87. The topological polar surface area (TPSA) is 86.4 Å². The summed E-state index contributed by atoms with van der Waals surface area (Å²) in [6.45, 7) is 1.63. The number of furan rings is 1. The minimum Gasteiger partial charge on any atom is -0.493 e. The number of benzene rings is 2. The molecule has 0 aliphatic heterocycles. The molecule has 0 fully saturated rings. The number of methoxy groups -OCH3 is 1. The van der Waals surface area contributed by atoms with E-state index in [-0.39, 0.29) is 24.1 Å². The molecule has 2 heterocycles. The van der Waals surface area contributed by atoms with E-state index < -0.39 is 0 Å². The third-order valence-electron chi connectivity index (χ3n) is 4.78. The Morgan fingerprint density at radius 3 is 2.70 bits per heavy atom. The monoisotopic (exact) mass is 403 g/mol. The minimum atomic E-state index is -0.386. The maximum atomic E-state index is 12.6. The predicted octanol–water partition coefficient (Wildman–Crippen LogP) is 3.54. The van der Waals surface area contributed by atoms with E-state index in [0.717, 1.165) is 15.6 Å². The molecule has 1 amide bonds. The van der Waals surface area contributed by atoms with Crippen LogP contribution in [0.15, 0.2) is 75.9 Å². The van der Waals surface area contributed by atoms with E-state index in [9.17, 15) is 9.59 Å². The number of nitrogens with zero attached hydrogens (tertiary/aromatic N) is 2. The lowest BCUT2D eigenvalue weighted by molar-refractivity contribution is -0.122. The first-order chi connectivity index (χ1) is 14.5. The second-order valence-electron chi connectivity index (χ2n) is 6.90. The number of ether oxygens (including phenoxy) is 1. The smallest absolute Gasteiger partial charge is 0.267 e. The Morgan fingerprint density at radius 1 is 1.13 bits per heavy atom. The molecule has 0 spiro atoms. The minimum absolute atomic E-state index is 0.187. The molecule has 1 atom stereocenters. The first kappa shape index (κ1) is 19.4. The fraction of sp³-hybridized carbons (Fsp3) is 0.174. The number of carbonyl (C=O) groups is 1. The highest BCUT2D eigenvalue weighted by Crippen LogP contribution is 2.30. The van der Waals surface area contributed by atoms with E-state index in [1.165, 1.54) is 6.07 Å². The number of fused-ring (bicyclic) bond motifs is 1. The van der Waals surface area contributed by atoms with Gasteiger partial charge in [0.25, 0.3) is 5.56 Å². The van der Waals surface area contributed by atoms with Crippen LogP contribution in [0.2, 0.25) is 0 Å². The molecule has 4 aromatic rings. The molecular formula is C23H21N3O4. The van der Waals surface area contributed by atoms with Gasteiger partial charge in [-0.25, -0.2) is 4.68 Å². The van der Waals surface area contributed by atoms with Gasteiger partial charge in [0.2, 0.25) is 5.91 Å². The van der Waals surface area contributed by atoms with Crippen LogP contribution in [0, 0.1) is 0 Å². The largest absolute Gasteiger partial charge is 0.493 e. The number of rotatable bonds is 6. The summed E-state index contributed by atoms with van der Waals surface area (Å²) >= 11 is 0. The molecule has 7 nitrogen and oxygen atoms in total. The van der Waals surface area contributed by atoms with Crippen LogP contribution < -0.4 is 15.6 Å². The van der Waals surface area contributed by atoms with E-state index >= 15 is 0 Å². The van der Waals surface area contributed by atoms with Crippen molar-refractivity contribution in [1.82, 2.24) is 15.1 Å². The summed E-state index contributed by atoms with van der Waals surface area (Å²) in [5.41, 5.74) is 1.78. The number of carbonyl (C=O) groups excluding carboxylic acids is 1. The van der Waals surface area contributed by atoms with Crippen molar-refractivity contribution in [2.45, 2.75) is 19.5 Å². The molecule has 1 N–H and O–H groups in total. The van der Waals surface area contributed by atoms with Gasteiger partial charge in [-0.2, -0.15) is 5.10 Å². The Balaban J connectivity index is 1.50. The van der Waals surface area contributed by atoms with Gasteiger partial charge in [-0.3, -0.25) is 9.59 Å². The Morgan fingerprint density at radius 2 is 1.93 bits per heavy atom. The molecule has 1 unspecified atom stereocenters. The highest BCUT2D eigenvalue weighted by atomic mass is 16.5. The zero-order chi connectivity index (χ0) is 21.1. The Labute approximate surface area is 172 Å². The number of nitrogens with one attached hydrogen (secondary N) is 1. The number of hydrogen-bond donors (Lipinski definition) is 1. The SMILES string of the molecule is COc1cccc2cc(C(C)NC(=O)Cn3nc(-c4ccccc4)ccc3=O)oc12. The zero-order valence-electron chi connectivity index (χ0n) is 16.7. The molecule has 0 saturated carbocycles. The zero-order valence-corrected chi connectivity index (χ0v) is 16.7. The second-order valence-corrected chi connectivity index (χ2v) is 6.90. The lowest BCUT2D eigenvalue weighted by Crippen LogP contribution is -2.34. The van der Waals surface area contributed by atoms with E-state index in [1.54, 1.807) is 13.2 Å². The summed E-state index contributed by atoms with van der Waals surface area (Å²) in [6.07, 6.45) is 0. The van der Waals surface area contributed by atoms with Crippen LogP contribution in [0.5, 0.6) is 5.75 Å². The lowest BCUT2D eigenvalue weighted by Gasteiger charge is -2.12. The number of hydrogen-bond acceptors (Lipinski definition) is 5. The van der Waals surface area contributed by atoms with Crippen molar-refractivity contribution in [3.63, 3.8) is 0 Å². The molecule has 4 rings (SSSR count). The molecule has 0 aliphatic rings. The van der Waals surface area contributed by atoms with Crippen LogP contribution in [0.3, 0.4) is 0 Å². The summed E-state index contributed by atoms with van der Waals surface area (Å²) in [7, 11) is 1.58. The average Bonchev–Trinajstić information content (AvgIpc) is 3.20. The number of para-hydroxylation sites is 1.